The summed E-state index contributed by atoms with van der Waals surface area (Å²) in [5.41, 5.74) is 0. The van der Waals surface area contributed by atoms with Crippen LogP contribution in [0, 0.1) is 0 Å². The van der Waals surface area contributed by atoms with E-state index in [9.17, 15) is 0 Å². The molecule has 0 amide bonds. The molecule has 1 aromatic rings. The first kappa shape index (κ1) is 8.75. The van der Waals surface area contributed by atoms with Gasteiger partial charge in [0.05, 0.1) is 6.33 Å². The minimum Gasteiger partial charge on any atom is -0.337 e. The van der Waals surface area contributed by atoms with Gasteiger partial charge < -0.3 is 9.88 Å². The Bertz CT molecular complexity index is 224. The summed E-state index contributed by atoms with van der Waals surface area (Å²) in [5, 5.41) is 3.55. The summed E-state index contributed by atoms with van der Waals surface area (Å²) in [4.78, 5) is 4.03. The fourth-order valence-corrected chi connectivity index (χ4v) is 1.89. The third-order valence-corrected chi connectivity index (χ3v) is 2.71. The number of aromatic nitrogens is 2. The SMILES string of the molecule is c1cn(CC[C@H]2CCCCN2)cn1. The average Bonchev–Trinajstić information content (AvgIpc) is 2.69. The highest BCUT2D eigenvalue weighted by Gasteiger charge is 2.11. The Morgan fingerprint density at radius 3 is 3.15 bits per heavy atom. The molecule has 0 unspecified atom stereocenters. The zero-order chi connectivity index (χ0) is 8.93. The first-order chi connectivity index (χ1) is 6.45. The van der Waals surface area contributed by atoms with E-state index in [1.807, 2.05) is 18.7 Å². The predicted molar refractivity (Wildman–Crippen MR) is 52.5 cm³/mol. The quantitative estimate of drug-likeness (QED) is 0.760. The molecular formula is C10H17N3. The molecule has 0 spiro atoms. The van der Waals surface area contributed by atoms with Crippen molar-refractivity contribution in [2.75, 3.05) is 6.54 Å². The highest BCUT2D eigenvalue weighted by molar-refractivity contribution is 4.77. The van der Waals surface area contributed by atoms with E-state index >= 15 is 0 Å². The van der Waals surface area contributed by atoms with Crippen LogP contribution in [0.25, 0.3) is 0 Å². The molecule has 1 N–H and O–H groups in total. The number of aryl methyl sites for hydroxylation is 1. The second kappa shape index (κ2) is 4.42. The van der Waals surface area contributed by atoms with E-state index in [1.165, 1.54) is 32.2 Å². The summed E-state index contributed by atoms with van der Waals surface area (Å²) >= 11 is 0. The Hall–Kier alpha value is -0.830. The van der Waals surface area contributed by atoms with E-state index < -0.39 is 0 Å². The van der Waals surface area contributed by atoms with Gasteiger partial charge in [-0.2, -0.15) is 0 Å². The molecule has 0 aliphatic carbocycles. The van der Waals surface area contributed by atoms with Crippen LogP contribution in [-0.4, -0.2) is 22.1 Å². The van der Waals surface area contributed by atoms with Crippen LogP contribution in [0.15, 0.2) is 18.7 Å². The number of hydrogen-bond acceptors (Lipinski definition) is 2. The molecular weight excluding hydrogens is 162 g/mol. The van der Waals surface area contributed by atoms with Crippen LogP contribution in [-0.2, 0) is 6.54 Å². The predicted octanol–water partition coefficient (Wildman–Crippen LogP) is 1.42. The standard InChI is InChI=1S/C10H17N3/c1-2-5-12-10(3-1)4-7-13-8-6-11-9-13/h6,8-10,12H,1-5,7H2/t10-/m1/s1. The second-order valence-corrected chi connectivity index (χ2v) is 3.74. The van der Waals surface area contributed by atoms with Crippen molar-refractivity contribution in [1.29, 1.82) is 0 Å². The lowest BCUT2D eigenvalue weighted by Gasteiger charge is -2.23. The average molecular weight is 179 g/mol. The minimum atomic E-state index is 0.733. The molecule has 1 saturated heterocycles. The summed E-state index contributed by atoms with van der Waals surface area (Å²) in [7, 11) is 0. The highest BCUT2D eigenvalue weighted by atomic mass is 15.0. The molecule has 1 aliphatic heterocycles. The van der Waals surface area contributed by atoms with Crippen molar-refractivity contribution in [3.8, 4) is 0 Å². The maximum Gasteiger partial charge on any atom is 0.0945 e. The number of nitrogens with one attached hydrogen (secondary N) is 1. The molecule has 3 heteroatoms. The van der Waals surface area contributed by atoms with Crippen molar-refractivity contribution in [2.45, 2.75) is 38.3 Å². The zero-order valence-corrected chi connectivity index (χ0v) is 7.95. The third-order valence-electron chi connectivity index (χ3n) is 2.71. The lowest BCUT2D eigenvalue weighted by Crippen LogP contribution is -2.34. The molecule has 1 atom stereocenters. The van der Waals surface area contributed by atoms with Crippen molar-refractivity contribution in [2.24, 2.45) is 0 Å². The van der Waals surface area contributed by atoms with Crippen LogP contribution < -0.4 is 5.32 Å². The summed E-state index contributed by atoms with van der Waals surface area (Å²) in [5.74, 6) is 0. The molecule has 3 nitrogen and oxygen atoms in total. The van der Waals surface area contributed by atoms with Crippen LogP contribution in [0.4, 0.5) is 0 Å². The van der Waals surface area contributed by atoms with Gasteiger partial charge in [0, 0.05) is 25.0 Å². The molecule has 1 aliphatic rings. The van der Waals surface area contributed by atoms with Gasteiger partial charge in [-0.1, -0.05) is 6.42 Å². The smallest absolute Gasteiger partial charge is 0.0945 e. The summed E-state index contributed by atoms with van der Waals surface area (Å²) in [6, 6.07) is 0.733. The van der Waals surface area contributed by atoms with Gasteiger partial charge >= 0.3 is 0 Å². The lowest BCUT2D eigenvalue weighted by molar-refractivity contribution is 0.366. The maximum atomic E-state index is 4.03. The van der Waals surface area contributed by atoms with Crippen molar-refractivity contribution < 1.29 is 0 Å². The van der Waals surface area contributed by atoms with Crippen molar-refractivity contribution in [1.82, 2.24) is 14.9 Å². The molecule has 72 valence electrons. The van der Waals surface area contributed by atoms with Crippen LogP contribution >= 0.6 is 0 Å². The van der Waals surface area contributed by atoms with Crippen molar-refractivity contribution in [3.63, 3.8) is 0 Å². The Labute approximate surface area is 79.2 Å². The van der Waals surface area contributed by atoms with Crippen LogP contribution in [0.3, 0.4) is 0 Å². The molecule has 2 heterocycles. The van der Waals surface area contributed by atoms with Crippen LogP contribution in [0.2, 0.25) is 0 Å². The third kappa shape index (κ3) is 2.56. The van der Waals surface area contributed by atoms with E-state index in [0.717, 1.165) is 12.6 Å². The van der Waals surface area contributed by atoms with Gasteiger partial charge in [0.15, 0.2) is 0 Å². The van der Waals surface area contributed by atoms with Gasteiger partial charge in [-0.05, 0) is 25.8 Å². The largest absolute Gasteiger partial charge is 0.337 e. The second-order valence-electron chi connectivity index (χ2n) is 3.74. The Balaban J connectivity index is 1.72. The van der Waals surface area contributed by atoms with E-state index in [4.69, 9.17) is 0 Å². The molecule has 13 heavy (non-hydrogen) atoms. The van der Waals surface area contributed by atoms with Crippen molar-refractivity contribution in [3.05, 3.63) is 18.7 Å². The number of rotatable bonds is 3. The van der Waals surface area contributed by atoms with Gasteiger partial charge in [0.1, 0.15) is 0 Å². The number of nitrogens with zero attached hydrogens (tertiary/aromatic N) is 2. The van der Waals surface area contributed by atoms with E-state index in [1.54, 1.807) is 0 Å². The topological polar surface area (TPSA) is 29.9 Å². The first-order valence-electron chi connectivity index (χ1n) is 5.14. The van der Waals surface area contributed by atoms with E-state index in [2.05, 4.69) is 14.9 Å². The van der Waals surface area contributed by atoms with E-state index in [-0.39, 0.29) is 0 Å². The Morgan fingerprint density at radius 1 is 1.46 bits per heavy atom. The summed E-state index contributed by atoms with van der Waals surface area (Å²) in [6.07, 6.45) is 11.1. The van der Waals surface area contributed by atoms with Gasteiger partial charge in [-0.25, -0.2) is 4.98 Å². The first-order valence-corrected chi connectivity index (χ1v) is 5.14. The molecule has 0 aromatic carbocycles. The maximum absolute atomic E-state index is 4.03. The van der Waals surface area contributed by atoms with Gasteiger partial charge in [0.2, 0.25) is 0 Å². The van der Waals surface area contributed by atoms with Gasteiger partial charge in [0.25, 0.3) is 0 Å². The fraction of sp³-hybridized carbons (Fsp3) is 0.700. The molecule has 2 rings (SSSR count). The number of hydrogen-bond donors (Lipinski definition) is 1. The molecule has 1 aromatic heterocycles. The molecule has 0 bridgehead atoms. The van der Waals surface area contributed by atoms with Gasteiger partial charge in [-0.3, -0.25) is 0 Å². The zero-order valence-electron chi connectivity index (χ0n) is 7.95. The fourth-order valence-electron chi connectivity index (χ4n) is 1.89. The Kier molecular flexibility index (Phi) is 2.98. The van der Waals surface area contributed by atoms with Crippen LogP contribution in [0.5, 0.6) is 0 Å². The molecule has 1 fully saturated rings. The normalized spacial score (nSPS) is 23.2. The van der Waals surface area contributed by atoms with Crippen molar-refractivity contribution >= 4 is 0 Å². The number of imidazole rings is 1. The highest BCUT2D eigenvalue weighted by Crippen LogP contribution is 2.10. The van der Waals surface area contributed by atoms with Crippen LogP contribution in [0.1, 0.15) is 25.7 Å². The molecule has 0 radical (unpaired) electrons. The Morgan fingerprint density at radius 2 is 2.46 bits per heavy atom. The summed E-state index contributed by atoms with van der Waals surface area (Å²) in [6.45, 7) is 2.30. The number of piperidine rings is 1. The minimum absolute atomic E-state index is 0.733. The molecule has 0 saturated carbocycles. The lowest BCUT2D eigenvalue weighted by atomic mass is 10.0. The summed E-state index contributed by atoms with van der Waals surface area (Å²) < 4.78 is 2.15. The van der Waals surface area contributed by atoms with E-state index in [0.29, 0.717) is 0 Å². The monoisotopic (exact) mass is 179 g/mol. The van der Waals surface area contributed by atoms with Gasteiger partial charge in [-0.15, -0.1) is 0 Å².